The van der Waals surface area contributed by atoms with Crippen LogP contribution in [0.3, 0.4) is 0 Å². The van der Waals surface area contributed by atoms with Crippen LogP contribution in [0.5, 0.6) is 0 Å². The van der Waals surface area contributed by atoms with Gasteiger partial charge in [0.25, 0.3) is 0 Å². The fourth-order valence-corrected chi connectivity index (χ4v) is 3.41. The molecule has 1 nitrogen and oxygen atoms in total. The third kappa shape index (κ3) is 4.98. The van der Waals surface area contributed by atoms with Crippen LogP contribution in [0, 0.1) is 0 Å². The Morgan fingerprint density at radius 2 is 1.31 bits per heavy atom. The van der Waals surface area contributed by atoms with E-state index in [1.165, 1.54) is 53.5 Å². The Kier molecular flexibility index (Phi) is 6.49. The number of nitrogen functional groups attached to an aromatic ring is 1. The smallest absolute Gasteiger partial charge is 0.0314 e. The number of aryl methyl sites for hydroxylation is 3. The highest BCUT2D eigenvalue weighted by Crippen LogP contribution is 2.26. The van der Waals surface area contributed by atoms with E-state index in [2.05, 4.69) is 67.6 Å². The Labute approximate surface area is 157 Å². The van der Waals surface area contributed by atoms with Gasteiger partial charge in [-0.1, -0.05) is 80.4 Å². The van der Waals surface area contributed by atoms with Gasteiger partial charge in [0.05, 0.1) is 0 Å². The van der Waals surface area contributed by atoms with E-state index >= 15 is 0 Å². The van der Waals surface area contributed by atoms with E-state index in [4.69, 9.17) is 5.73 Å². The summed E-state index contributed by atoms with van der Waals surface area (Å²) in [7, 11) is 0. The predicted octanol–water partition coefficient (Wildman–Crippen LogP) is 6.45. The van der Waals surface area contributed by atoms with Crippen molar-refractivity contribution in [1.82, 2.24) is 0 Å². The summed E-state index contributed by atoms with van der Waals surface area (Å²) in [5, 5.41) is 0. The monoisotopic (exact) mass is 343 g/mol. The van der Waals surface area contributed by atoms with Gasteiger partial charge in [-0.3, -0.25) is 0 Å². The van der Waals surface area contributed by atoms with Gasteiger partial charge in [-0.05, 0) is 65.6 Å². The second-order valence-electron chi connectivity index (χ2n) is 7.05. The largest absolute Gasteiger partial charge is 0.399 e. The van der Waals surface area contributed by atoms with Crippen molar-refractivity contribution >= 4 is 5.69 Å². The highest BCUT2D eigenvalue weighted by Gasteiger charge is 2.05. The van der Waals surface area contributed by atoms with Gasteiger partial charge in [0, 0.05) is 5.69 Å². The highest BCUT2D eigenvalue weighted by atomic mass is 14.5. The first kappa shape index (κ1) is 18.3. The molecular weight excluding hydrogens is 314 g/mol. The van der Waals surface area contributed by atoms with Crippen LogP contribution in [0.1, 0.15) is 42.9 Å². The minimum absolute atomic E-state index is 0.827. The predicted molar refractivity (Wildman–Crippen MR) is 113 cm³/mol. The van der Waals surface area contributed by atoms with Crippen molar-refractivity contribution in [1.29, 1.82) is 0 Å². The van der Waals surface area contributed by atoms with Gasteiger partial charge in [0.2, 0.25) is 0 Å². The molecule has 0 spiro atoms. The maximum absolute atomic E-state index is 5.78. The molecule has 3 rings (SSSR count). The zero-order chi connectivity index (χ0) is 18.2. The minimum Gasteiger partial charge on any atom is -0.399 e. The van der Waals surface area contributed by atoms with Crippen molar-refractivity contribution in [3.05, 3.63) is 89.5 Å². The summed E-state index contributed by atoms with van der Waals surface area (Å²) in [6.07, 6.45) is 7.14. The molecule has 0 aliphatic carbocycles. The van der Waals surface area contributed by atoms with E-state index in [0.29, 0.717) is 0 Å². The van der Waals surface area contributed by atoms with Crippen molar-refractivity contribution < 1.29 is 0 Å². The summed E-state index contributed by atoms with van der Waals surface area (Å²) in [4.78, 5) is 0. The minimum atomic E-state index is 0.827. The molecule has 0 fully saturated rings. The van der Waals surface area contributed by atoms with Crippen molar-refractivity contribution in [2.24, 2.45) is 0 Å². The SMILES string of the molecule is CCCCCc1ccc(-c2ccccc2CCc2ccc(N)cc2)cc1. The first-order valence-electron chi connectivity index (χ1n) is 9.78. The molecule has 0 unspecified atom stereocenters. The molecule has 1 heteroatoms. The second kappa shape index (κ2) is 9.24. The van der Waals surface area contributed by atoms with Crippen molar-refractivity contribution in [2.75, 3.05) is 5.73 Å². The van der Waals surface area contributed by atoms with Gasteiger partial charge in [-0.15, -0.1) is 0 Å². The molecule has 0 radical (unpaired) electrons. The average molecular weight is 344 g/mol. The summed E-state index contributed by atoms with van der Waals surface area (Å²) in [5.74, 6) is 0. The number of anilines is 1. The van der Waals surface area contributed by atoms with Crippen molar-refractivity contribution in [2.45, 2.75) is 45.4 Å². The molecule has 0 atom stereocenters. The molecule has 2 N–H and O–H groups in total. The van der Waals surface area contributed by atoms with Gasteiger partial charge in [-0.2, -0.15) is 0 Å². The number of rotatable bonds is 8. The Hall–Kier alpha value is -2.54. The van der Waals surface area contributed by atoms with Gasteiger partial charge in [0.15, 0.2) is 0 Å². The van der Waals surface area contributed by atoms with Gasteiger partial charge in [-0.25, -0.2) is 0 Å². The molecule has 3 aromatic rings. The number of benzene rings is 3. The third-order valence-corrected chi connectivity index (χ3v) is 5.01. The zero-order valence-corrected chi connectivity index (χ0v) is 15.7. The normalized spacial score (nSPS) is 10.8. The summed E-state index contributed by atoms with van der Waals surface area (Å²) in [6, 6.07) is 26.1. The third-order valence-electron chi connectivity index (χ3n) is 5.01. The molecule has 3 aromatic carbocycles. The van der Waals surface area contributed by atoms with Gasteiger partial charge >= 0.3 is 0 Å². The van der Waals surface area contributed by atoms with E-state index in [-0.39, 0.29) is 0 Å². The Morgan fingerprint density at radius 3 is 2.04 bits per heavy atom. The molecule has 0 aliphatic rings. The van der Waals surface area contributed by atoms with Crippen LogP contribution in [0.2, 0.25) is 0 Å². The average Bonchev–Trinajstić information content (AvgIpc) is 2.69. The summed E-state index contributed by atoms with van der Waals surface area (Å²) < 4.78 is 0. The number of unbranched alkanes of at least 4 members (excludes halogenated alkanes) is 2. The van der Waals surface area contributed by atoms with Crippen molar-refractivity contribution in [3.63, 3.8) is 0 Å². The van der Waals surface area contributed by atoms with Crippen LogP contribution in [-0.2, 0) is 19.3 Å². The molecule has 0 saturated heterocycles. The quantitative estimate of drug-likeness (QED) is 0.369. The molecule has 0 bridgehead atoms. The second-order valence-corrected chi connectivity index (χ2v) is 7.05. The van der Waals surface area contributed by atoms with Crippen LogP contribution >= 0.6 is 0 Å². The lowest BCUT2D eigenvalue weighted by Gasteiger charge is -2.11. The highest BCUT2D eigenvalue weighted by molar-refractivity contribution is 5.67. The maximum Gasteiger partial charge on any atom is 0.0314 e. The summed E-state index contributed by atoms with van der Waals surface area (Å²) >= 11 is 0. The molecule has 0 aromatic heterocycles. The van der Waals surface area contributed by atoms with Gasteiger partial charge in [0.1, 0.15) is 0 Å². The van der Waals surface area contributed by atoms with E-state index in [1.807, 2.05) is 12.1 Å². The lowest BCUT2D eigenvalue weighted by molar-refractivity contribution is 0.717. The van der Waals surface area contributed by atoms with Crippen LogP contribution in [-0.4, -0.2) is 0 Å². The molecule has 134 valence electrons. The van der Waals surface area contributed by atoms with E-state index in [1.54, 1.807) is 0 Å². The van der Waals surface area contributed by atoms with E-state index in [9.17, 15) is 0 Å². The lowest BCUT2D eigenvalue weighted by Crippen LogP contribution is -1.95. The Balaban J connectivity index is 1.71. The van der Waals surface area contributed by atoms with E-state index < -0.39 is 0 Å². The van der Waals surface area contributed by atoms with Gasteiger partial charge < -0.3 is 5.73 Å². The summed E-state index contributed by atoms with van der Waals surface area (Å²) in [5.41, 5.74) is 13.5. The molecule has 26 heavy (non-hydrogen) atoms. The molecule has 0 heterocycles. The Morgan fingerprint density at radius 1 is 0.654 bits per heavy atom. The number of hydrogen-bond donors (Lipinski definition) is 1. The fraction of sp³-hybridized carbons (Fsp3) is 0.280. The maximum atomic E-state index is 5.78. The molecule has 0 aliphatic heterocycles. The molecule has 0 saturated carbocycles. The fourth-order valence-electron chi connectivity index (χ4n) is 3.41. The topological polar surface area (TPSA) is 26.0 Å². The standard InChI is InChI=1S/C25H29N/c1-2-3-4-7-20-10-16-23(17-11-20)25-9-6-5-8-22(25)15-12-21-13-18-24(26)19-14-21/h5-6,8-11,13-14,16-19H,2-4,7,12,15,26H2,1H3. The number of hydrogen-bond acceptors (Lipinski definition) is 1. The van der Waals surface area contributed by atoms with Crippen LogP contribution in [0.25, 0.3) is 11.1 Å². The first-order valence-corrected chi connectivity index (χ1v) is 9.78. The lowest BCUT2D eigenvalue weighted by atomic mass is 9.94. The Bertz CT molecular complexity index is 800. The first-order chi connectivity index (χ1) is 12.8. The zero-order valence-electron chi connectivity index (χ0n) is 15.7. The summed E-state index contributed by atoms with van der Waals surface area (Å²) in [6.45, 7) is 2.25. The van der Waals surface area contributed by atoms with Crippen molar-refractivity contribution in [3.8, 4) is 11.1 Å². The van der Waals surface area contributed by atoms with Crippen LogP contribution in [0.4, 0.5) is 5.69 Å². The molecule has 0 amide bonds. The van der Waals surface area contributed by atoms with E-state index in [0.717, 1.165) is 18.5 Å². The molecular formula is C25H29N. The van der Waals surface area contributed by atoms with Crippen LogP contribution < -0.4 is 5.73 Å². The van der Waals surface area contributed by atoms with Crippen LogP contribution in [0.15, 0.2) is 72.8 Å². The number of nitrogens with two attached hydrogens (primary N) is 1.